The van der Waals surface area contributed by atoms with E-state index in [1.165, 1.54) is 0 Å². The lowest BCUT2D eigenvalue weighted by molar-refractivity contribution is -0.139. The van der Waals surface area contributed by atoms with Crippen molar-refractivity contribution in [2.24, 2.45) is 5.92 Å². The standard InChI is InChI=1S/C15H29NO4/c1-11(2)8-9-20-15(4,5)10-12(3)16-13(17)6-7-14(18)19/h11-12H,6-10H2,1-5H3,(H,16,17)(H,18,19). The minimum Gasteiger partial charge on any atom is -0.481 e. The quantitative estimate of drug-likeness (QED) is 0.647. The van der Waals surface area contributed by atoms with Crippen LogP contribution < -0.4 is 5.32 Å². The molecule has 0 spiro atoms. The fourth-order valence-electron chi connectivity index (χ4n) is 1.99. The van der Waals surface area contributed by atoms with Crippen molar-refractivity contribution in [2.45, 2.75) is 71.9 Å². The van der Waals surface area contributed by atoms with Gasteiger partial charge in [-0.3, -0.25) is 9.59 Å². The van der Waals surface area contributed by atoms with Gasteiger partial charge in [-0.1, -0.05) is 13.8 Å². The molecule has 0 bridgehead atoms. The Morgan fingerprint density at radius 2 is 1.80 bits per heavy atom. The topological polar surface area (TPSA) is 75.6 Å². The van der Waals surface area contributed by atoms with Crippen molar-refractivity contribution in [1.29, 1.82) is 0 Å². The Bertz CT molecular complexity index is 313. The van der Waals surface area contributed by atoms with Crippen LogP contribution in [-0.4, -0.2) is 35.2 Å². The monoisotopic (exact) mass is 287 g/mol. The van der Waals surface area contributed by atoms with E-state index < -0.39 is 5.97 Å². The molecule has 1 unspecified atom stereocenters. The average molecular weight is 287 g/mol. The van der Waals surface area contributed by atoms with Crippen molar-refractivity contribution in [3.63, 3.8) is 0 Å². The van der Waals surface area contributed by atoms with Crippen LogP contribution in [0.1, 0.15) is 60.3 Å². The summed E-state index contributed by atoms with van der Waals surface area (Å²) in [6.45, 7) is 10.9. The SMILES string of the molecule is CC(C)CCOC(C)(C)CC(C)NC(=O)CCC(=O)O. The van der Waals surface area contributed by atoms with Crippen molar-refractivity contribution in [2.75, 3.05) is 6.61 Å². The van der Waals surface area contributed by atoms with Crippen LogP contribution in [0.3, 0.4) is 0 Å². The minimum atomic E-state index is -0.954. The lowest BCUT2D eigenvalue weighted by Crippen LogP contribution is -2.39. The van der Waals surface area contributed by atoms with E-state index in [0.717, 1.165) is 6.42 Å². The Labute approximate surface area is 122 Å². The molecule has 0 aromatic carbocycles. The van der Waals surface area contributed by atoms with Crippen molar-refractivity contribution >= 4 is 11.9 Å². The highest BCUT2D eigenvalue weighted by molar-refractivity contribution is 5.80. The predicted molar refractivity (Wildman–Crippen MR) is 78.6 cm³/mol. The summed E-state index contributed by atoms with van der Waals surface area (Å²) in [5.74, 6) is -0.568. The molecule has 5 heteroatoms. The van der Waals surface area contributed by atoms with Gasteiger partial charge in [-0.05, 0) is 39.5 Å². The highest BCUT2D eigenvalue weighted by atomic mass is 16.5. The molecule has 0 aromatic heterocycles. The highest BCUT2D eigenvalue weighted by Crippen LogP contribution is 2.18. The Hall–Kier alpha value is -1.10. The predicted octanol–water partition coefficient (Wildman–Crippen LogP) is 2.59. The molecule has 2 N–H and O–H groups in total. The molecule has 0 aliphatic rings. The zero-order valence-corrected chi connectivity index (χ0v) is 13.4. The normalized spacial score (nSPS) is 13.3. The second-order valence-corrected chi connectivity index (χ2v) is 6.36. The van der Waals surface area contributed by atoms with E-state index in [1.54, 1.807) is 0 Å². The van der Waals surface area contributed by atoms with Gasteiger partial charge in [0.25, 0.3) is 0 Å². The van der Waals surface area contributed by atoms with E-state index in [0.29, 0.717) is 18.9 Å². The first-order valence-corrected chi connectivity index (χ1v) is 7.27. The Kier molecular flexibility index (Phi) is 8.46. The van der Waals surface area contributed by atoms with Gasteiger partial charge in [0.2, 0.25) is 5.91 Å². The number of carbonyl (C=O) groups excluding carboxylic acids is 1. The zero-order chi connectivity index (χ0) is 15.8. The number of carboxylic acid groups (broad SMARTS) is 1. The number of rotatable bonds is 10. The van der Waals surface area contributed by atoms with Crippen LogP contribution in [0.25, 0.3) is 0 Å². The number of hydrogen-bond acceptors (Lipinski definition) is 3. The molecular weight excluding hydrogens is 258 g/mol. The van der Waals surface area contributed by atoms with Crippen LogP contribution in [0.4, 0.5) is 0 Å². The van der Waals surface area contributed by atoms with Crippen molar-refractivity contribution in [1.82, 2.24) is 5.32 Å². The second kappa shape index (κ2) is 8.95. The average Bonchev–Trinajstić information content (AvgIpc) is 2.24. The van der Waals surface area contributed by atoms with Gasteiger partial charge < -0.3 is 15.2 Å². The molecule has 0 fully saturated rings. The molecule has 0 saturated carbocycles. The Balaban J connectivity index is 4.00. The van der Waals surface area contributed by atoms with E-state index in [2.05, 4.69) is 19.2 Å². The van der Waals surface area contributed by atoms with Crippen molar-refractivity contribution in [3.8, 4) is 0 Å². The van der Waals surface area contributed by atoms with Gasteiger partial charge in [0.15, 0.2) is 0 Å². The molecule has 1 atom stereocenters. The molecule has 20 heavy (non-hydrogen) atoms. The van der Waals surface area contributed by atoms with Crippen LogP contribution in [0.5, 0.6) is 0 Å². The van der Waals surface area contributed by atoms with Gasteiger partial charge in [-0.2, -0.15) is 0 Å². The molecule has 118 valence electrons. The molecule has 1 amide bonds. The second-order valence-electron chi connectivity index (χ2n) is 6.36. The minimum absolute atomic E-state index is 0.0221. The Morgan fingerprint density at radius 3 is 2.30 bits per heavy atom. The maximum atomic E-state index is 11.5. The molecule has 0 aliphatic carbocycles. The van der Waals surface area contributed by atoms with Gasteiger partial charge in [0.1, 0.15) is 0 Å². The largest absolute Gasteiger partial charge is 0.481 e. The van der Waals surface area contributed by atoms with Gasteiger partial charge in [-0.15, -0.1) is 0 Å². The number of aliphatic carboxylic acids is 1. The molecule has 0 aliphatic heterocycles. The summed E-state index contributed by atoms with van der Waals surface area (Å²) in [6.07, 6.45) is 1.60. The molecular formula is C15H29NO4. The highest BCUT2D eigenvalue weighted by Gasteiger charge is 2.22. The maximum Gasteiger partial charge on any atom is 0.303 e. The first-order valence-electron chi connectivity index (χ1n) is 7.27. The van der Waals surface area contributed by atoms with E-state index in [1.807, 2.05) is 20.8 Å². The Morgan fingerprint density at radius 1 is 1.20 bits per heavy atom. The number of amides is 1. The third-order valence-corrected chi connectivity index (χ3v) is 2.96. The number of carbonyl (C=O) groups is 2. The lowest BCUT2D eigenvalue weighted by atomic mass is 9.99. The van der Waals surface area contributed by atoms with Crippen LogP contribution in [-0.2, 0) is 14.3 Å². The number of carboxylic acids is 1. The van der Waals surface area contributed by atoms with Crippen LogP contribution in [0.2, 0.25) is 0 Å². The third kappa shape index (κ3) is 10.8. The van der Waals surface area contributed by atoms with E-state index >= 15 is 0 Å². The van der Waals surface area contributed by atoms with Gasteiger partial charge in [0, 0.05) is 19.1 Å². The summed E-state index contributed by atoms with van der Waals surface area (Å²) < 4.78 is 5.85. The fourth-order valence-corrected chi connectivity index (χ4v) is 1.99. The summed E-state index contributed by atoms with van der Waals surface area (Å²) in [7, 11) is 0. The third-order valence-electron chi connectivity index (χ3n) is 2.96. The van der Waals surface area contributed by atoms with Crippen molar-refractivity contribution in [3.05, 3.63) is 0 Å². The van der Waals surface area contributed by atoms with Crippen molar-refractivity contribution < 1.29 is 19.4 Å². The number of hydrogen-bond donors (Lipinski definition) is 2. The first kappa shape index (κ1) is 18.9. The number of nitrogens with one attached hydrogen (secondary N) is 1. The number of ether oxygens (including phenoxy) is 1. The van der Waals surface area contributed by atoms with Crippen LogP contribution >= 0.6 is 0 Å². The smallest absolute Gasteiger partial charge is 0.303 e. The molecule has 0 aromatic rings. The first-order chi connectivity index (χ1) is 9.12. The van der Waals surface area contributed by atoms with Crippen LogP contribution in [0.15, 0.2) is 0 Å². The molecule has 0 heterocycles. The maximum absolute atomic E-state index is 11.5. The van der Waals surface area contributed by atoms with Gasteiger partial charge in [-0.25, -0.2) is 0 Å². The summed E-state index contributed by atoms with van der Waals surface area (Å²) in [5.41, 5.74) is -0.297. The van der Waals surface area contributed by atoms with E-state index in [-0.39, 0.29) is 30.4 Å². The van der Waals surface area contributed by atoms with E-state index in [4.69, 9.17) is 9.84 Å². The molecule has 5 nitrogen and oxygen atoms in total. The molecule has 0 radical (unpaired) electrons. The zero-order valence-electron chi connectivity index (χ0n) is 13.4. The lowest BCUT2D eigenvalue weighted by Gasteiger charge is -2.29. The molecule has 0 saturated heterocycles. The van der Waals surface area contributed by atoms with Crippen LogP contribution in [0, 0.1) is 5.92 Å². The molecule has 0 rings (SSSR count). The fraction of sp³-hybridized carbons (Fsp3) is 0.867. The van der Waals surface area contributed by atoms with Gasteiger partial charge in [0.05, 0.1) is 12.0 Å². The summed E-state index contributed by atoms with van der Waals surface area (Å²) >= 11 is 0. The summed E-state index contributed by atoms with van der Waals surface area (Å²) in [5, 5.41) is 11.3. The van der Waals surface area contributed by atoms with Gasteiger partial charge >= 0.3 is 5.97 Å². The summed E-state index contributed by atoms with van der Waals surface area (Å²) in [4.78, 5) is 21.9. The van der Waals surface area contributed by atoms with E-state index in [9.17, 15) is 9.59 Å². The summed E-state index contributed by atoms with van der Waals surface area (Å²) in [6, 6.07) is -0.0367.